The van der Waals surface area contributed by atoms with Crippen LogP contribution in [0.25, 0.3) is 10.8 Å². The van der Waals surface area contributed by atoms with Crippen molar-refractivity contribution in [1.82, 2.24) is 4.98 Å². The summed E-state index contributed by atoms with van der Waals surface area (Å²) in [4.78, 5) is 4.31. The van der Waals surface area contributed by atoms with Crippen molar-refractivity contribution < 1.29 is 9.47 Å². The first kappa shape index (κ1) is 13.2. The quantitative estimate of drug-likeness (QED) is 0.744. The minimum atomic E-state index is 0.448. The number of methoxy groups -OCH3 is 1. The van der Waals surface area contributed by atoms with E-state index in [9.17, 15) is 0 Å². The number of aromatic nitrogens is 1. The van der Waals surface area contributed by atoms with Crippen LogP contribution in [-0.2, 0) is 6.61 Å². The molecule has 0 spiro atoms. The third-order valence-corrected chi connectivity index (χ3v) is 3.30. The van der Waals surface area contributed by atoms with Crippen molar-refractivity contribution in [1.29, 1.82) is 0 Å². The number of nitrogen functional groups attached to an aromatic ring is 1. The fraction of sp³-hybridized carbons (Fsp3) is 0.118. The van der Waals surface area contributed by atoms with E-state index in [-0.39, 0.29) is 0 Å². The lowest BCUT2D eigenvalue weighted by molar-refractivity contribution is 0.298. The van der Waals surface area contributed by atoms with Crippen LogP contribution in [0.3, 0.4) is 0 Å². The molecule has 2 aromatic carbocycles. The van der Waals surface area contributed by atoms with E-state index in [0.29, 0.717) is 12.5 Å². The first-order chi connectivity index (χ1) is 10.3. The third kappa shape index (κ3) is 2.74. The van der Waals surface area contributed by atoms with E-state index in [1.807, 2.05) is 48.5 Å². The number of benzene rings is 2. The molecule has 4 nitrogen and oxygen atoms in total. The fourth-order valence-electron chi connectivity index (χ4n) is 2.21. The Hall–Kier alpha value is -2.75. The monoisotopic (exact) mass is 280 g/mol. The Bertz CT molecular complexity index is 754. The van der Waals surface area contributed by atoms with Gasteiger partial charge in [0.05, 0.1) is 7.11 Å². The molecule has 0 aliphatic heterocycles. The predicted molar refractivity (Wildman–Crippen MR) is 83.5 cm³/mol. The van der Waals surface area contributed by atoms with Gasteiger partial charge in [-0.3, -0.25) is 0 Å². The Morgan fingerprint density at radius 2 is 1.81 bits per heavy atom. The van der Waals surface area contributed by atoms with E-state index in [2.05, 4.69) is 4.98 Å². The van der Waals surface area contributed by atoms with Gasteiger partial charge in [0.25, 0.3) is 0 Å². The second-order valence-electron chi connectivity index (χ2n) is 4.70. The van der Waals surface area contributed by atoms with Gasteiger partial charge < -0.3 is 15.2 Å². The second-order valence-corrected chi connectivity index (χ2v) is 4.70. The summed E-state index contributed by atoms with van der Waals surface area (Å²) in [6.45, 7) is 0.448. The normalized spacial score (nSPS) is 10.5. The van der Waals surface area contributed by atoms with Crippen molar-refractivity contribution >= 4 is 16.5 Å². The van der Waals surface area contributed by atoms with Gasteiger partial charge >= 0.3 is 0 Å². The van der Waals surface area contributed by atoms with E-state index in [0.717, 1.165) is 27.8 Å². The van der Waals surface area contributed by atoms with Crippen molar-refractivity contribution in [2.75, 3.05) is 12.8 Å². The Labute approximate surface area is 123 Å². The maximum Gasteiger partial charge on any atom is 0.221 e. The molecule has 0 aliphatic rings. The van der Waals surface area contributed by atoms with E-state index in [1.54, 1.807) is 13.3 Å². The highest BCUT2D eigenvalue weighted by atomic mass is 16.5. The van der Waals surface area contributed by atoms with Gasteiger partial charge in [-0.2, -0.15) is 0 Å². The Morgan fingerprint density at radius 1 is 1.00 bits per heavy atom. The molecule has 0 radical (unpaired) electrons. The highest BCUT2D eigenvalue weighted by molar-refractivity contribution is 5.91. The summed E-state index contributed by atoms with van der Waals surface area (Å²) in [7, 11) is 1.66. The third-order valence-electron chi connectivity index (χ3n) is 3.30. The Kier molecular flexibility index (Phi) is 3.60. The molecule has 0 atom stereocenters. The highest BCUT2D eigenvalue weighted by Crippen LogP contribution is 2.30. The van der Waals surface area contributed by atoms with Gasteiger partial charge in [-0.1, -0.05) is 18.2 Å². The van der Waals surface area contributed by atoms with Crippen LogP contribution in [0.4, 0.5) is 5.69 Å². The molecule has 3 aromatic rings. The standard InChI is InChI=1S/C17H16N2O2/c1-20-16-4-2-3-15-14(16)9-10-19-17(15)21-11-12-5-7-13(18)8-6-12/h2-10H,11,18H2,1H3. The van der Waals surface area contributed by atoms with Gasteiger partial charge in [-0.05, 0) is 35.9 Å². The summed E-state index contributed by atoms with van der Waals surface area (Å²) in [6, 6.07) is 15.4. The van der Waals surface area contributed by atoms with E-state index >= 15 is 0 Å². The molecule has 0 aliphatic carbocycles. The SMILES string of the molecule is COc1cccc2c(OCc3ccc(N)cc3)nccc12. The number of ether oxygens (including phenoxy) is 2. The van der Waals surface area contributed by atoms with Gasteiger partial charge in [-0.25, -0.2) is 4.98 Å². The molecule has 0 amide bonds. The van der Waals surface area contributed by atoms with E-state index in [1.165, 1.54) is 0 Å². The van der Waals surface area contributed by atoms with Crippen molar-refractivity contribution in [2.24, 2.45) is 0 Å². The van der Waals surface area contributed by atoms with Crippen LogP contribution in [0.1, 0.15) is 5.56 Å². The molecule has 2 N–H and O–H groups in total. The average Bonchev–Trinajstić information content (AvgIpc) is 2.53. The minimum Gasteiger partial charge on any atom is -0.496 e. The molecular weight excluding hydrogens is 264 g/mol. The molecule has 1 heterocycles. The molecule has 0 bridgehead atoms. The summed E-state index contributed by atoms with van der Waals surface area (Å²) >= 11 is 0. The summed E-state index contributed by atoms with van der Waals surface area (Å²) < 4.78 is 11.2. The van der Waals surface area contributed by atoms with Gasteiger partial charge in [0.15, 0.2) is 0 Å². The maximum atomic E-state index is 5.84. The average molecular weight is 280 g/mol. The van der Waals surface area contributed by atoms with Crippen LogP contribution in [0.2, 0.25) is 0 Å². The first-order valence-electron chi connectivity index (χ1n) is 6.67. The molecule has 106 valence electrons. The summed E-state index contributed by atoms with van der Waals surface area (Å²) in [6.07, 6.45) is 1.73. The van der Waals surface area contributed by atoms with Crippen LogP contribution >= 0.6 is 0 Å². The van der Waals surface area contributed by atoms with Gasteiger partial charge in [-0.15, -0.1) is 0 Å². The number of fused-ring (bicyclic) bond motifs is 1. The largest absolute Gasteiger partial charge is 0.496 e. The topological polar surface area (TPSA) is 57.4 Å². The molecule has 0 unspecified atom stereocenters. The molecule has 0 saturated carbocycles. The van der Waals surface area contributed by atoms with E-state index < -0.39 is 0 Å². The summed E-state index contributed by atoms with van der Waals surface area (Å²) in [5.41, 5.74) is 7.46. The molecular formula is C17H16N2O2. The van der Waals surface area contributed by atoms with Crippen molar-refractivity contribution in [3.63, 3.8) is 0 Å². The zero-order valence-electron chi connectivity index (χ0n) is 11.7. The smallest absolute Gasteiger partial charge is 0.221 e. The number of nitrogens with two attached hydrogens (primary N) is 1. The minimum absolute atomic E-state index is 0.448. The van der Waals surface area contributed by atoms with Crippen LogP contribution in [0.5, 0.6) is 11.6 Å². The lowest BCUT2D eigenvalue weighted by Crippen LogP contribution is -1.98. The summed E-state index contributed by atoms with van der Waals surface area (Å²) in [5.74, 6) is 1.41. The summed E-state index contributed by atoms with van der Waals surface area (Å²) in [5, 5.41) is 1.93. The Balaban J connectivity index is 1.88. The lowest BCUT2D eigenvalue weighted by Gasteiger charge is -2.10. The fourth-order valence-corrected chi connectivity index (χ4v) is 2.21. The van der Waals surface area contributed by atoms with Crippen molar-refractivity contribution in [3.8, 4) is 11.6 Å². The number of hydrogen-bond acceptors (Lipinski definition) is 4. The van der Waals surface area contributed by atoms with E-state index in [4.69, 9.17) is 15.2 Å². The second kappa shape index (κ2) is 5.71. The predicted octanol–water partition coefficient (Wildman–Crippen LogP) is 3.40. The highest BCUT2D eigenvalue weighted by Gasteiger charge is 2.07. The number of hydrogen-bond donors (Lipinski definition) is 1. The Morgan fingerprint density at radius 3 is 2.57 bits per heavy atom. The molecule has 1 aromatic heterocycles. The van der Waals surface area contributed by atoms with Crippen LogP contribution in [-0.4, -0.2) is 12.1 Å². The molecule has 3 rings (SSSR count). The van der Waals surface area contributed by atoms with Crippen molar-refractivity contribution in [3.05, 3.63) is 60.3 Å². The first-order valence-corrected chi connectivity index (χ1v) is 6.67. The number of rotatable bonds is 4. The molecule has 21 heavy (non-hydrogen) atoms. The number of anilines is 1. The molecule has 0 saturated heterocycles. The zero-order valence-corrected chi connectivity index (χ0v) is 11.7. The number of pyridine rings is 1. The van der Waals surface area contributed by atoms with Crippen LogP contribution in [0, 0.1) is 0 Å². The molecule has 0 fully saturated rings. The lowest BCUT2D eigenvalue weighted by atomic mass is 10.1. The van der Waals surface area contributed by atoms with Crippen LogP contribution in [0.15, 0.2) is 54.7 Å². The number of nitrogens with zero attached hydrogens (tertiary/aromatic N) is 1. The maximum absolute atomic E-state index is 5.84. The van der Waals surface area contributed by atoms with Gasteiger partial charge in [0.1, 0.15) is 12.4 Å². The molecule has 4 heteroatoms. The van der Waals surface area contributed by atoms with Crippen molar-refractivity contribution in [2.45, 2.75) is 6.61 Å². The van der Waals surface area contributed by atoms with Crippen LogP contribution < -0.4 is 15.2 Å². The van der Waals surface area contributed by atoms with Gasteiger partial charge in [0.2, 0.25) is 5.88 Å². The van der Waals surface area contributed by atoms with Gasteiger partial charge in [0, 0.05) is 22.7 Å². The zero-order chi connectivity index (χ0) is 14.7.